The van der Waals surface area contributed by atoms with E-state index in [9.17, 15) is 34.5 Å². The number of hydrogen-bond acceptors (Lipinski definition) is 11. The van der Waals surface area contributed by atoms with Gasteiger partial charge < -0.3 is 26.7 Å². The lowest BCUT2D eigenvalue weighted by Gasteiger charge is -2.56. The Bertz CT molecular complexity index is 1720. The molecule has 12 heteroatoms. The lowest BCUT2D eigenvalue weighted by molar-refractivity contribution is -0.213. The van der Waals surface area contributed by atoms with Gasteiger partial charge in [0.1, 0.15) is 17.7 Å². The first kappa shape index (κ1) is 42.9. The van der Waals surface area contributed by atoms with Crippen molar-refractivity contribution in [3.05, 3.63) is 41.5 Å². The quantitative estimate of drug-likeness (QED) is 0.0752. The molecule has 0 bridgehead atoms. The third-order valence-electron chi connectivity index (χ3n) is 11.9. The molecule has 0 aromatic heterocycles. The van der Waals surface area contributed by atoms with Gasteiger partial charge in [0.15, 0.2) is 23.1 Å². The Morgan fingerprint density at radius 3 is 2.30 bits per heavy atom. The lowest BCUT2D eigenvalue weighted by Crippen LogP contribution is -2.76. The number of carbonyl (C=O) groups is 5. The molecule has 2 aliphatic rings. The van der Waals surface area contributed by atoms with Gasteiger partial charge in [-0.3, -0.25) is 29.4 Å². The maximum Gasteiger partial charge on any atom is 0.239 e. The van der Waals surface area contributed by atoms with E-state index in [-0.39, 0.29) is 41.4 Å². The molecule has 1 amide bonds. The van der Waals surface area contributed by atoms with Gasteiger partial charge in [-0.25, -0.2) is 0 Å². The van der Waals surface area contributed by atoms with Crippen molar-refractivity contribution < 1.29 is 33.9 Å². The van der Waals surface area contributed by atoms with Crippen LogP contribution in [0.25, 0.3) is 10.8 Å². The Labute approximate surface area is 319 Å². The predicted octanol–water partition coefficient (Wildman–Crippen LogP) is 5.34. The molecule has 1 heterocycles. The molecule has 3 unspecified atom stereocenters. The number of nitrogens with zero attached hydrogens (tertiary/aromatic N) is 1. The maximum atomic E-state index is 14.3. The molecule has 1 aliphatic heterocycles. The van der Waals surface area contributed by atoms with Crippen molar-refractivity contribution in [3.8, 4) is 5.75 Å². The molecule has 1 aliphatic carbocycles. The SMILES string of the molecule is CCCCCC(=O)c1ccc(ON2C(C3CCCCC3)C(=N)C(=O)C(C(C)=O)C2(CNC(=O)[C@@H](N)CO)C(C)C)c2cccc(C(=O)[C@@H](N)[C@@H](C)CC)c12. The van der Waals surface area contributed by atoms with Crippen molar-refractivity contribution in [3.63, 3.8) is 0 Å². The molecule has 0 spiro atoms. The fourth-order valence-electron chi connectivity index (χ4n) is 8.37. The number of aliphatic hydroxyl groups excluding tert-OH is 1. The van der Waals surface area contributed by atoms with E-state index in [0.717, 1.165) is 44.9 Å². The summed E-state index contributed by atoms with van der Waals surface area (Å²) in [5.74, 6) is -4.09. The average molecular weight is 748 g/mol. The van der Waals surface area contributed by atoms with E-state index in [1.165, 1.54) is 6.92 Å². The smallest absolute Gasteiger partial charge is 0.239 e. The molecule has 12 nitrogen and oxygen atoms in total. The molecule has 2 fully saturated rings. The minimum atomic E-state index is -1.51. The molecule has 0 radical (unpaired) electrons. The second kappa shape index (κ2) is 18.7. The van der Waals surface area contributed by atoms with Gasteiger partial charge in [-0.05, 0) is 56.1 Å². The normalized spacial score (nSPS) is 22.9. The van der Waals surface area contributed by atoms with Crippen molar-refractivity contribution in [1.82, 2.24) is 10.4 Å². The maximum absolute atomic E-state index is 14.3. The Kier molecular flexibility index (Phi) is 14.8. The Morgan fingerprint density at radius 2 is 1.70 bits per heavy atom. The molecule has 6 atom stereocenters. The molecule has 4 rings (SSSR count). The van der Waals surface area contributed by atoms with Crippen LogP contribution in [-0.2, 0) is 14.4 Å². The van der Waals surface area contributed by atoms with Crippen LogP contribution in [0.3, 0.4) is 0 Å². The van der Waals surface area contributed by atoms with Crippen LogP contribution in [0.4, 0.5) is 0 Å². The number of rotatable bonds is 18. The standard InChI is InChI=1S/C42H61N5O7/c1-7-9-11-19-32(50)28-20-21-33(29-17-14-18-30(34(28)29)39(51)36(44)25(5)8-2)54-47-38(27-15-12-10-13-16-27)37(45)40(52)35(26(6)49)42(47,24(3)4)23-46-41(53)31(43)22-48/h14,17-18,20-21,24-25,27,31,35-36,38,45,48H,7-13,15-16,19,22-23,43-44H2,1-6H3,(H,46,53)/t25-,31-,35?,36-,38?,42?/m0/s1. The molecule has 54 heavy (non-hydrogen) atoms. The highest BCUT2D eigenvalue weighted by Crippen LogP contribution is 2.46. The number of aliphatic hydroxyl groups is 1. The zero-order chi connectivity index (χ0) is 39.9. The predicted molar refractivity (Wildman–Crippen MR) is 210 cm³/mol. The number of piperidine rings is 1. The van der Waals surface area contributed by atoms with Crippen LogP contribution in [0.2, 0.25) is 0 Å². The van der Waals surface area contributed by atoms with E-state index in [1.54, 1.807) is 35.4 Å². The highest BCUT2D eigenvalue weighted by molar-refractivity contribution is 6.45. The molecular formula is C42H61N5O7. The van der Waals surface area contributed by atoms with Gasteiger partial charge in [0.2, 0.25) is 5.91 Å². The van der Waals surface area contributed by atoms with Gasteiger partial charge >= 0.3 is 0 Å². The van der Waals surface area contributed by atoms with Crippen molar-refractivity contribution in [2.45, 2.75) is 129 Å². The molecule has 296 valence electrons. The number of amides is 1. The molecule has 2 aromatic carbocycles. The third kappa shape index (κ3) is 8.51. The average Bonchev–Trinajstić information content (AvgIpc) is 3.17. The number of hydrogen-bond donors (Lipinski definition) is 5. The first-order valence-corrected chi connectivity index (χ1v) is 19.8. The number of benzene rings is 2. The highest BCUT2D eigenvalue weighted by Gasteiger charge is 2.62. The second-order valence-electron chi connectivity index (χ2n) is 15.7. The number of ketones is 4. The summed E-state index contributed by atoms with van der Waals surface area (Å²) in [5, 5.41) is 24.2. The number of carbonyl (C=O) groups excluding carboxylic acids is 5. The second-order valence-corrected chi connectivity index (χ2v) is 15.7. The van der Waals surface area contributed by atoms with Gasteiger partial charge in [0, 0.05) is 34.9 Å². The summed E-state index contributed by atoms with van der Waals surface area (Å²) < 4.78 is 0. The van der Waals surface area contributed by atoms with Crippen molar-refractivity contribution in [1.29, 1.82) is 5.41 Å². The zero-order valence-electron chi connectivity index (χ0n) is 32.9. The van der Waals surface area contributed by atoms with Crippen LogP contribution >= 0.6 is 0 Å². The summed E-state index contributed by atoms with van der Waals surface area (Å²) in [6.07, 6.45) is 7.74. The van der Waals surface area contributed by atoms with Crippen molar-refractivity contribution >= 4 is 45.5 Å². The first-order chi connectivity index (χ1) is 25.7. The largest absolute Gasteiger partial charge is 0.404 e. The first-order valence-electron chi connectivity index (χ1n) is 19.8. The van der Waals surface area contributed by atoms with Crippen LogP contribution in [-0.4, -0.2) is 81.7 Å². The summed E-state index contributed by atoms with van der Waals surface area (Å²) in [6.45, 7) is 10.1. The van der Waals surface area contributed by atoms with Crippen molar-refractivity contribution in [2.24, 2.45) is 35.1 Å². The zero-order valence-corrected chi connectivity index (χ0v) is 32.9. The van der Waals surface area contributed by atoms with Gasteiger partial charge in [-0.2, -0.15) is 0 Å². The summed E-state index contributed by atoms with van der Waals surface area (Å²) in [5.41, 5.74) is 11.3. The van der Waals surface area contributed by atoms with E-state index in [0.29, 0.717) is 41.2 Å². The summed E-state index contributed by atoms with van der Waals surface area (Å²) in [6, 6.07) is 5.58. The van der Waals surface area contributed by atoms with Crippen LogP contribution < -0.4 is 21.6 Å². The van der Waals surface area contributed by atoms with Gasteiger partial charge in [-0.15, -0.1) is 5.06 Å². The van der Waals surface area contributed by atoms with E-state index < -0.39 is 59.6 Å². The molecule has 2 aromatic rings. The minimum absolute atomic E-state index is 0.112. The Hall–Kier alpha value is -3.84. The Morgan fingerprint density at radius 1 is 1.02 bits per heavy atom. The molecule has 1 saturated heterocycles. The van der Waals surface area contributed by atoms with Gasteiger partial charge in [0.05, 0.1) is 29.9 Å². The van der Waals surface area contributed by atoms with Crippen LogP contribution in [0.5, 0.6) is 5.75 Å². The lowest BCUT2D eigenvalue weighted by atomic mass is 9.64. The summed E-state index contributed by atoms with van der Waals surface area (Å²) in [4.78, 5) is 76.0. The molecule has 7 N–H and O–H groups in total. The van der Waals surface area contributed by atoms with Gasteiger partial charge in [0.25, 0.3) is 0 Å². The van der Waals surface area contributed by atoms with Gasteiger partial charge in [-0.1, -0.05) is 91.3 Å². The van der Waals surface area contributed by atoms with E-state index in [2.05, 4.69) is 12.2 Å². The number of fused-ring (bicyclic) bond motifs is 1. The van der Waals surface area contributed by atoms with E-state index >= 15 is 0 Å². The number of hydroxylamine groups is 2. The fraction of sp³-hybridized carbons (Fsp3) is 0.619. The minimum Gasteiger partial charge on any atom is -0.404 e. The number of unbranched alkanes of at least 4 members (excludes halogenated alkanes) is 2. The summed E-state index contributed by atoms with van der Waals surface area (Å²) in [7, 11) is 0. The summed E-state index contributed by atoms with van der Waals surface area (Å²) >= 11 is 0. The molecule has 1 saturated carbocycles. The van der Waals surface area contributed by atoms with Crippen LogP contribution in [0.1, 0.15) is 126 Å². The number of nitrogens with one attached hydrogen (secondary N) is 2. The number of nitrogens with two attached hydrogens (primary N) is 2. The fourth-order valence-corrected chi connectivity index (χ4v) is 8.37. The number of Topliss-reactive ketones (excluding diaryl/α,β-unsaturated/α-hetero) is 4. The van der Waals surface area contributed by atoms with Crippen LogP contribution in [0.15, 0.2) is 30.3 Å². The van der Waals surface area contributed by atoms with E-state index in [1.807, 2.05) is 27.7 Å². The molecular weight excluding hydrogens is 686 g/mol. The van der Waals surface area contributed by atoms with E-state index in [4.69, 9.17) is 16.3 Å². The monoisotopic (exact) mass is 747 g/mol. The topological polar surface area (TPSA) is 206 Å². The third-order valence-corrected chi connectivity index (χ3v) is 11.9. The van der Waals surface area contributed by atoms with Crippen LogP contribution in [0, 0.1) is 29.1 Å². The Balaban J connectivity index is 2.02. The van der Waals surface area contributed by atoms with Crippen molar-refractivity contribution in [2.75, 3.05) is 13.2 Å². The highest BCUT2D eigenvalue weighted by atomic mass is 16.7.